The zero-order chi connectivity index (χ0) is 19.3. The smallest absolute Gasteiger partial charge is 0.233 e. The van der Waals surface area contributed by atoms with Crippen LogP contribution in [0.1, 0.15) is 10.4 Å². The highest BCUT2D eigenvalue weighted by Crippen LogP contribution is 2.20. The van der Waals surface area contributed by atoms with E-state index in [1.807, 2.05) is 36.1 Å². The second-order valence-electron chi connectivity index (χ2n) is 6.73. The van der Waals surface area contributed by atoms with Gasteiger partial charge in [-0.2, -0.15) is 4.68 Å². The number of carbonyl (C=O) groups is 1. The molecule has 0 N–H and O–H groups in total. The third kappa shape index (κ3) is 4.60. The van der Waals surface area contributed by atoms with E-state index in [-0.39, 0.29) is 5.91 Å². The molecule has 1 aromatic carbocycles. The maximum Gasteiger partial charge on any atom is 0.233 e. The summed E-state index contributed by atoms with van der Waals surface area (Å²) in [6.45, 7) is 6.38. The molecule has 0 saturated carbocycles. The second kappa shape index (κ2) is 8.85. The first-order valence-electron chi connectivity index (χ1n) is 9.20. The van der Waals surface area contributed by atoms with Crippen molar-refractivity contribution in [2.75, 3.05) is 31.9 Å². The molecule has 1 amide bonds. The van der Waals surface area contributed by atoms with Crippen LogP contribution in [0, 0.1) is 6.92 Å². The zero-order valence-corrected chi connectivity index (χ0v) is 17.3. The number of piperazine rings is 1. The third-order valence-corrected chi connectivity index (χ3v) is 6.49. The molecule has 2 aromatic heterocycles. The van der Waals surface area contributed by atoms with E-state index in [1.165, 1.54) is 22.2 Å². The van der Waals surface area contributed by atoms with Crippen molar-refractivity contribution in [1.29, 1.82) is 0 Å². The van der Waals surface area contributed by atoms with E-state index in [1.54, 1.807) is 16.0 Å². The molecule has 1 fully saturated rings. The van der Waals surface area contributed by atoms with Crippen LogP contribution >= 0.6 is 23.1 Å². The highest BCUT2D eigenvalue weighted by atomic mass is 32.2. The molecule has 3 aromatic rings. The molecule has 0 bridgehead atoms. The number of amides is 1. The van der Waals surface area contributed by atoms with Gasteiger partial charge in [0.15, 0.2) is 0 Å². The molecule has 1 saturated heterocycles. The zero-order valence-electron chi connectivity index (χ0n) is 15.7. The average molecular weight is 415 g/mol. The van der Waals surface area contributed by atoms with Gasteiger partial charge in [0, 0.05) is 37.6 Å². The van der Waals surface area contributed by atoms with Gasteiger partial charge in [-0.25, -0.2) is 0 Å². The van der Waals surface area contributed by atoms with Gasteiger partial charge in [0.1, 0.15) is 0 Å². The highest BCUT2D eigenvalue weighted by molar-refractivity contribution is 7.99. The van der Waals surface area contributed by atoms with E-state index in [9.17, 15) is 4.79 Å². The number of carbonyl (C=O) groups excluding carboxylic acids is 1. The van der Waals surface area contributed by atoms with Gasteiger partial charge in [0.2, 0.25) is 11.1 Å². The largest absolute Gasteiger partial charge is 0.339 e. The summed E-state index contributed by atoms with van der Waals surface area (Å²) in [6, 6.07) is 12.2. The van der Waals surface area contributed by atoms with Crippen molar-refractivity contribution in [3.8, 4) is 5.69 Å². The van der Waals surface area contributed by atoms with Crippen LogP contribution in [0.5, 0.6) is 0 Å². The predicted molar refractivity (Wildman–Crippen MR) is 111 cm³/mol. The number of aryl methyl sites for hydroxylation is 1. The second-order valence-corrected chi connectivity index (χ2v) is 8.71. The number of thiophene rings is 1. The van der Waals surface area contributed by atoms with Gasteiger partial charge in [0.05, 0.1) is 11.4 Å². The summed E-state index contributed by atoms with van der Waals surface area (Å²) >= 11 is 3.17. The molecule has 0 spiro atoms. The predicted octanol–water partition coefficient (Wildman–Crippen LogP) is 2.47. The number of aromatic nitrogens is 4. The SMILES string of the molecule is Cc1ccc(-n2nnnc2SCC(=O)N2CCN(Cc3cccs3)CC2)cc1. The number of hydrogen-bond acceptors (Lipinski definition) is 7. The summed E-state index contributed by atoms with van der Waals surface area (Å²) in [5, 5.41) is 14.6. The minimum atomic E-state index is 0.138. The Balaban J connectivity index is 1.29. The molecular weight excluding hydrogens is 392 g/mol. The molecule has 3 heterocycles. The lowest BCUT2D eigenvalue weighted by Gasteiger charge is -2.34. The molecule has 1 aliphatic heterocycles. The maximum absolute atomic E-state index is 12.6. The molecule has 0 radical (unpaired) electrons. The number of rotatable bonds is 6. The summed E-state index contributed by atoms with van der Waals surface area (Å²) in [5.41, 5.74) is 2.08. The normalized spacial score (nSPS) is 15.1. The number of nitrogens with zero attached hydrogens (tertiary/aromatic N) is 6. The fourth-order valence-corrected chi connectivity index (χ4v) is 4.65. The summed E-state index contributed by atoms with van der Waals surface area (Å²) in [6.07, 6.45) is 0. The summed E-state index contributed by atoms with van der Waals surface area (Å²) < 4.78 is 1.68. The fraction of sp³-hybridized carbons (Fsp3) is 0.368. The lowest BCUT2D eigenvalue weighted by molar-refractivity contribution is -0.130. The molecule has 0 unspecified atom stereocenters. The first-order chi connectivity index (χ1) is 13.7. The van der Waals surface area contributed by atoms with Crippen LogP contribution in [0.15, 0.2) is 46.9 Å². The van der Waals surface area contributed by atoms with Gasteiger partial charge in [-0.05, 0) is 40.9 Å². The van der Waals surface area contributed by atoms with Crippen LogP contribution in [-0.2, 0) is 11.3 Å². The van der Waals surface area contributed by atoms with Crippen LogP contribution in [0.3, 0.4) is 0 Å². The van der Waals surface area contributed by atoms with Crippen LogP contribution < -0.4 is 0 Å². The minimum Gasteiger partial charge on any atom is -0.339 e. The van der Waals surface area contributed by atoms with Crippen molar-refractivity contribution in [2.24, 2.45) is 0 Å². The van der Waals surface area contributed by atoms with Crippen molar-refractivity contribution >= 4 is 29.0 Å². The average Bonchev–Trinajstić information content (AvgIpc) is 3.39. The van der Waals surface area contributed by atoms with Gasteiger partial charge < -0.3 is 4.90 Å². The van der Waals surface area contributed by atoms with Crippen molar-refractivity contribution in [3.05, 3.63) is 52.2 Å². The molecule has 7 nitrogen and oxygen atoms in total. The first kappa shape index (κ1) is 19.1. The van der Waals surface area contributed by atoms with Crippen LogP contribution in [0.2, 0.25) is 0 Å². The lowest BCUT2D eigenvalue weighted by Crippen LogP contribution is -2.48. The Hall–Kier alpha value is -2.23. The molecule has 0 aliphatic carbocycles. The van der Waals surface area contributed by atoms with E-state index in [0.29, 0.717) is 10.9 Å². The van der Waals surface area contributed by atoms with E-state index < -0.39 is 0 Å². The number of hydrogen-bond donors (Lipinski definition) is 0. The monoisotopic (exact) mass is 414 g/mol. The quantitative estimate of drug-likeness (QED) is 0.577. The molecule has 146 valence electrons. The molecule has 9 heteroatoms. The third-order valence-electron chi connectivity index (χ3n) is 4.73. The molecule has 28 heavy (non-hydrogen) atoms. The summed E-state index contributed by atoms with van der Waals surface area (Å²) in [7, 11) is 0. The van der Waals surface area contributed by atoms with E-state index in [2.05, 4.69) is 37.9 Å². The van der Waals surface area contributed by atoms with Crippen LogP contribution in [-0.4, -0.2) is 67.8 Å². The van der Waals surface area contributed by atoms with E-state index in [0.717, 1.165) is 38.4 Å². The fourth-order valence-electron chi connectivity index (χ4n) is 3.11. The van der Waals surface area contributed by atoms with Gasteiger partial charge >= 0.3 is 0 Å². The maximum atomic E-state index is 12.6. The van der Waals surface area contributed by atoms with Crippen molar-refractivity contribution in [3.63, 3.8) is 0 Å². The Kier molecular flexibility index (Phi) is 6.04. The van der Waals surface area contributed by atoms with E-state index >= 15 is 0 Å². The van der Waals surface area contributed by atoms with Crippen molar-refractivity contribution < 1.29 is 4.79 Å². The van der Waals surface area contributed by atoms with E-state index in [4.69, 9.17) is 0 Å². The van der Waals surface area contributed by atoms with Gasteiger partial charge in [0.25, 0.3) is 0 Å². The molecular formula is C19H22N6OS2. The summed E-state index contributed by atoms with van der Waals surface area (Å²) in [5.74, 6) is 0.483. The molecule has 4 rings (SSSR count). The van der Waals surface area contributed by atoms with Crippen LogP contribution in [0.25, 0.3) is 5.69 Å². The Morgan fingerprint density at radius 3 is 2.64 bits per heavy atom. The Bertz CT molecular complexity index is 901. The Morgan fingerprint density at radius 1 is 1.14 bits per heavy atom. The lowest BCUT2D eigenvalue weighted by atomic mass is 10.2. The standard InChI is InChI=1S/C19H22N6OS2/c1-15-4-6-16(7-5-15)25-19(20-21-22-25)28-14-18(26)24-10-8-23(9-11-24)13-17-3-2-12-27-17/h2-7,12H,8-11,13-14H2,1H3. The molecule has 0 atom stereocenters. The Labute approximate surface area is 172 Å². The topological polar surface area (TPSA) is 67.2 Å². The van der Waals surface area contributed by atoms with Crippen molar-refractivity contribution in [1.82, 2.24) is 30.0 Å². The highest BCUT2D eigenvalue weighted by Gasteiger charge is 2.22. The number of benzene rings is 1. The molecule has 1 aliphatic rings. The van der Waals surface area contributed by atoms with Gasteiger partial charge in [-0.1, -0.05) is 35.5 Å². The summed E-state index contributed by atoms with van der Waals surface area (Å²) in [4.78, 5) is 18.3. The first-order valence-corrected chi connectivity index (χ1v) is 11.1. The number of tetrazole rings is 1. The van der Waals surface area contributed by atoms with Gasteiger partial charge in [-0.15, -0.1) is 16.4 Å². The number of thioether (sulfide) groups is 1. The van der Waals surface area contributed by atoms with Crippen LogP contribution in [0.4, 0.5) is 0 Å². The van der Waals surface area contributed by atoms with Gasteiger partial charge in [-0.3, -0.25) is 9.69 Å². The van der Waals surface area contributed by atoms with Crippen molar-refractivity contribution in [2.45, 2.75) is 18.6 Å². The Morgan fingerprint density at radius 2 is 1.93 bits per heavy atom. The minimum absolute atomic E-state index is 0.138.